The van der Waals surface area contributed by atoms with Crippen LogP contribution in [0.4, 0.5) is 0 Å². The van der Waals surface area contributed by atoms with Crippen LogP contribution in [0.2, 0.25) is 0 Å². The summed E-state index contributed by atoms with van der Waals surface area (Å²) in [6.45, 7) is 1.80. The molecule has 1 rings (SSSR count). The van der Waals surface area contributed by atoms with Crippen LogP contribution in [-0.2, 0) is 4.79 Å². The van der Waals surface area contributed by atoms with Crippen molar-refractivity contribution < 1.29 is 4.79 Å². The Morgan fingerprint density at radius 3 is 2.75 bits per heavy atom. The predicted molar refractivity (Wildman–Crippen MR) is 54.7 cm³/mol. The lowest BCUT2D eigenvalue weighted by Crippen LogP contribution is -2.56. The van der Waals surface area contributed by atoms with Crippen molar-refractivity contribution in [2.75, 3.05) is 19.3 Å². The lowest BCUT2D eigenvalue weighted by molar-refractivity contribution is -0.117. The topological polar surface area (TPSA) is 41.1 Å². The highest BCUT2D eigenvalue weighted by Gasteiger charge is 2.16. The van der Waals surface area contributed by atoms with E-state index in [4.69, 9.17) is 0 Å². The molecule has 1 saturated heterocycles. The van der Waals surface area contributed by atoms with Crippen LogP contribution in [0.1, 0.15) is 0 Å². The van der Waals surface area contributed by atoms with E-state index >= 15 is 0 Å². The number of rotatable bonds is 3. The van der Waals surface area contributed by atoms with E-state index in [-0.39, 0.29) is 18.3 Å². The number of nitrogens with one attached hydrogen (secondary N) is 2. The number of amides is 1. The van der Waals surface area contributed by atoms with Crippen molar-refractivity contribution in [2.24, 2.45) is 0 Å². The van der Waals surface area contributed by atoms with E-state index in [2.05, 4.69) is 10.6 Å². The Balaban J connectivity index is 0.00000121. The molecule has 0 aliphatic carbocycles. The number of carbonyl (C=O) groups is 1. The summed E-state index contributed by atoms with van der Waals surface area (Å²) in [7, 11) is 0. The minimum absolute atomic E-state index is 0. The van der Waals surface area contributed by atoms with E-state index in [9.17, 15) is 4.79 Å². The highest BCUT2D eigenvalue weighted by atomic mass is 35.5. The zero-order chi connectivity index (χ0) is 8.10. The first-order valence-electron chi connectivity index (χ1n) is 3.53. The van der Waals surface area contributed by atoms with Crippen molar-refractivity contribution in [3.63, 3.8) is 0 Å². The van der Waals surface area contributed by atoms with Gasteiger partial charge in [0.05, 0.1) is 6.04 Å². The third-order valence-electron chi connectivity index (χ3n) is 1.48. The van der Waals surface area contributed by atoms with Gasteiger partial charge >= 0.3 is 0 Å². The molecule has 0 aromatic heterocycles. The molecular weight excluding hydrogens is 196 g/mol. The van der Waals surface area contributed by atoms with Gasteiger partial charge in [-0.3, -0.25) is 4.79 Å². The number of halogens is 1. The molecule has 0 spiro atoms. The smallest absolute Gasteiger partial charge is 0.244 e. The molecule has 0 saturated carbocycles. The highest BCUT2D eigenvalue weighted by molar-refractivity contribution is 8.01. The number of carbonyl (C=O) groups excluding carboxylic acids is 1. The quantitative estimate of drug-likeness (QED) is 0.659. The average molecular weight is 209 g/mol. The van der Waals surface area contributed by atoms with Gasteiger partial charge in [0.1, 0.15) is 0 Å². The Hall–Kier alpha value is -0.190. The van der Waals surface area contributed by atoms with Crippen LogP contribution in [0.25, 0.3) is 0 Å². The fourth-order valence-electron chi connectivity index (χ4n) is 0.770. The molecule has 0 atom stereocenters. The second-order valence-electron chi connectivity index (χ2n) is 2.40. The van der Waals surface area contributed by atoms with Gasteiger partial charge < -0.3 is 10.6 Å². The van der Waals surface area contributed by atoms with Crippen LogP contribution < -0.4 is 10.6 Å². The number of hydrogen-bond donors (Lipinski definition) is 2. The molecule has 0 bridgehead atoms. The van der Waals surface area contributed by atoms with Gasteiger partial charge in [0.2, 0.25) is 5.91 Å². The predicted octanol–water partition coefficient (Wildman–Crippen LogP) is 0.373. The second-order valence-corrected chi connectivity index (χ2v) is 3.15. The summed E-state index contributed by atoms with van der Waals surface area (Å²) in [6, 6.07) is 0.342. The molecule has 1 aliphatic rings. The Labute approximate surface area is 82.8 Å². The fraction of sp³-hybridized carbons (Fsp3) is 0.571. The van der Waals surface area contributed by atoms with Gasteiger partial charge in [0, 0.05) is 19.2 Å². The molecule has 3 nitrogen and oxygen atoms in total. The van der Waals surface area contributed by atoms with E-state index in [1.54, 1.807) is 11.5 Å². The van der Waals surface area contributed by atoms with Gasteiger partial charge in [-0.1, -0.05) is 0 Å². The number of hydrogen-bond acceptors (Lipinski definition) is 3. The standard InChI is InChI=1S/C7H12N2OS.ClH/c1-11-3-2-7(10)9-6-4-8-5-6;/h2-3,6,8H,4-5H2,1H3,(H,9,10);1H/b3-2+;. The summed E-state index contributed by atoms with van der Waals surface area (Å²) >= 11 is 1.53. The molecule has 1 aliphatic heterocycles. The average Bonchev–Trinajstić information content (AvgIpc) is 1.93. The van der Waals surface area contributed by atoms with E-state index in [1.165, 1.54) is 11.8 Å². The van der Waals surface area contributed by atoms with Gasteiger partial charge in [0.25, 0.3) is 0 Å². The summed E-state index contributed by atoms with van der Waals surface area (Å²) in [5.41, 5.74) is 0. The first-order valence-corrected chi connectivity index (χ1v) is 4.82. The molecule has 70 valence electrons. The molecular formula is C7H13ClN2OS. The molecule has 0 aromatic carbocycles. The zero-order valence-electron chi connectivity index (χ0n) is 6.87. The molecule has 1 amide bonds. The first-order chi connectivity index (χ1) is 5.33. The summed E-state index contributed by atoms with van der Waals surface area (Å²) < 4.78 is 0. The molecule has 5 heteroatoms. The fourth-order valence-corrected chi connectivity index (χ4v) is 1.03. The largest absolute Gasteiger partial charge is 0.347 e. The first kappa shape index (κ1) is 11.8. The molecule has 12 heavy (non-hydrogen) atoms. The zero-order valence-corrected chi connectivity index (χ0v) is 8.50. The lowest BCUT2D eigenvalue weighted by Gasteiger charge is -2.27. The molecule has 0 unspecified atom stereocenters. The minimum atomic E-state index is 0. The highest BCUT2D eigenvalue weighted by Crippen LogP contribution is 1.94. The summed E-state index contributed by atoms with van der Waals surface area (Å²) in [6.07, 6.45) is 3.48. The maximum atomic E-state index is 11.0. The Morgan fingerprint density at radius 1 is 1.67 bits per heavy atom. The van der Waals surface area contributed by atoms with Crippen molar-refractivity contribution in [3.8, 4) is 0 Å². The summed E-state index contributed by atoms with van der Waals surface area (Å²) in [4.78, 5) is 11.0. The molecule has 1 heterocycles. The van der Waals surface area contributed by atoms with Crippen LogP contribution in [0.3, 0.4) is 0 Å². The van der Waals surface area contributed by atoms with Gasteiger partial charge in [-0.25, -0.2) is 0 Å². The molecule has 2 N–H and O–H groups in total. The van der Waals surface area contributed by atoms with E-state index < -0.39 is 0 Å². The van der Waals surface area contributed by atoms with Crippen molar-refractivity contribution in [2.45, 2.75) is 6.04 Å². The van der Waals surface area contributed by atoms with E-state index in [1.807, 2.05) is 6.26 Å². The van der Waals surface area contributed by atoms with Crippen LogP contribution in [-0.4, -0.2) is 31.3 Å². The maximum Gasteiger partial charge on any atom is 0.244 e. The minimum Gasteiger partial charge on any atom is -0.347 e. The third kappa shape index (κ3) is 3.99. The van der Waals surface area contributed by atoms with Gasteiger partial charge in [-0.2, -0.15) is 0 Å². The van der Waals surface area contributed by atoms with Crippen LogP contribution in [0.15, 0.2) is 11.5 Å². The molecule has 1 fully saturated rings. The van der Waals surface area contributed by atoms with E-state index in [0.29, 0.717) is 6.04 Å². The Bertz CT molecular complexity index is 171. The molecule has 0 radical (unpaired) electrons. The SMILES string of the molecule is CS/C=C/C(=O)NC1CNC1.Cl. The van der Waals surface area contributed by atoms with Crippen molar-refractivity contribution in [1.29, 1.82) is 0 Å². The number of thioether (sulfide) groups is 1. The van der Waals surface area contributed by atoms with E-state index in [0.717, 1.165) is 13.1 Å². The van der Waals surface area contributed by atoms with Crippen molar-refractivity contribution in [3.05, 3.63) is 11.5 Å². The second kappa shape index (κ2) is 6.34. The Morgan fingerprint density at radius 2 is 2.33 bits per heavy atom. The van der Waals surface area contributed by atoms with Crippen molar-refractivity contribution in [1.82, 2.24) is 10.6 Å². The van der Waals surface area contributed by atoms with Crippen LogP contribution in [0, 0.1) is 0 Å². The van der Waals surface area contributed by atoms with Gasteiger partial charge in [-0.15, -0.1) is 24.2 Å². The van der Waals surface area contributed by atoms with Crippen molar-refractivity contribution >= 4 is 30.1 Å². The summed E-state index contributed by atoms with van der Waals surface area (Å²) in [5.74, 6) is 0.00542. The Kier molecular flexibility index (Phi) is 6.24. The normalized spacial score (nSPS) is 16.8. The third-order valence-corrected chi connectivity index (χ3v) is 1.89. The van der Waals surface area contributed by atoms with Gasteiger partial charge in [-0.05, 0) is 11.7 Å². The van der Waals surface area contributed by atoms with Crippen LogP contribution in [0.5, 0.6) is 0 Å². The summed E-state index contributed by atoms with van der Waals surface area (Å²) in [5, 5.41) is 7.71. The molecule has 0 aromatic rings. The monoisotopic (exact) mass is 208 g/mol. The maximum absolute atomic E-state index is 11.0. The van der Waals surface area contributed by atoms with Gasteiger partial charge in [0.15, 0.2) is 0 Å². The lowest BCUT2D eigenvalue weighted by atomic mass is 10.2. The van der Waals surface area contributed by atoms with Crippen LogP contribution >= 0.6 is 24.2 Å².